The molecule has 0 radical (unpaired) electrons. The van der Waals surface area contributed by atoms with E-state index in [2.05, 4.69) is 10.6 Å². The van der Waals surface area contributed by atoms with Crippen LogP contribution in [0.15, 0.2) is 24.3 Å². The summed E-state index contributed by atoms with van der Waals surface area (Å²) in [4.78, 5) is 23.3. The first-order chi connectivity index (χ1) is 11.7. The van der Waals surface area contributed by atoms with Gasteiger partial charge in [-0.1, -0.05) is 6.07 Å². The molecular weight excluding hydrogens is 316 g/mol. The van der Waals surface area contributed by atoms with Gasteiger partial charge in [0.1, 0.15) is 11.5 Å². The van der Waals surface area contributed by atoms with Crippen molar-refractivity contribution >= 4 is 11.8 Å². The van der Waals surface area contributed by atoms with Gasteiger partial charge in [0.25, 0.3) is 11.8 Å². The summed E-state index contributed by atoms with van der Waals surface area (Å²) >= 11 is 0. The third-order valence-corrected chi connectivity index (χ3v) is 3.05. The fourth-order valence-corrected chi connectivity index (χ4v) is 1.90. The number of amides is 2. The molecule has 0 spiro atoms. The number of hydrogen-bond acceptors (Lipinski definition) is 6. The second kappa shape index (κ2) is 10.5. The molecule has 1 aromatic rings. The number of rotatable bonds is 0. The molecule has 2 amide bonds. The standard InChI is InChI=1S/C16H22N2O6/c19-15-11-23-13-2-1-3-14(10-13)24-12-16(20)18-5-7-22-9-8-21-6-4-17-15/h1-3,10H,4-9,11-12H2,(H,17,19)(H,18,20). The van der Waals surface area contributed by atoms with Crippen LogP contribution in [0.25, 0.3) is 0 Å². The summed E-state index contributed by atoms with van der Waals surface area (Å²) < 4.78 is 21.4. The molecule has 132 valence electrons. The molecule has 24 heavy (non-hydrogen) atoms. The zero-order valence-corrected chi connectivity index (χ0v) is 13.4. The number of benzene rings is 1. The molecule has 1 aliphatic heterocycles. The maximum atomic E-state index is 11.7. The molecule has 2 bridgehead atoms. The van der Waals surface area contributed by atoms with Crippen LogP contribution in [0.2, 0.25) is 0 Å². The molecule has 0 aliphatic carbocycles. The summed E-state index contributed by atoms with van der Waals surface area (Å²) in [5.74, 6) is 0.508. The van der Waals surface area contributed by atoms with Crippen molar-refractivity contribution in [1.82, 2.24) is 10.6 Å². The molecular formula is C16H22N2O6. The van der Waals surface area contributed by atoms with E-state index in [0.29, 0.717) is 51.0 Å². The number of fused-ring (bicyclic) bond motifs is 2. The zero-order chi connectivity index (χ0) is 17.0. The van der Waals surface area contributed by atoms with E-state index in [0.717, 1.165) is 0 Å². The fourth-order valence-electron chi connectivity index (χ4n) is 1.90. The van der Waals surface area contributed by atoms with Gasteiger partial charge in [0.15, 0.2) is 13.2 Å². The molecule has 2 N–H and O–H groups in total. The van der Waals surface area contributed by atoms with Crippen LogP contribution in [0.1, 0.15) is 0 Å². The van der Waals surface area contributed by atoms with Crippen molar-refractivity contribution in [3.05, 3.63) is 24.3 Å². The fraction of sp³-hybridized carbons (Fsp3) is 0.500. The number of ether oxygens (including phenoxy) is 4. The smallest absolute Gasteiger partial charge is 0.258 e. The summed E-state index contributed by atoms with van der Waals surface area (Å²) in [5.41, 5.74) is 0. The molecule has 1 heterocycles. The van der Waals surface area contributed by atoms with Gasteiger partial charge in [0, 0.05) is 19.2 Å². The average Bonchev–Trinajstić information content (AvgIpc) is 2.59. The molecule has 0 saturated heterocycles. The third-order valence-electron chi connectivity index (χ3n) is 3.05. The Morgan fingerprint density at radius 1 is 0.750 bits per heavy atom. The molecule has 0 aromatic heterocycles. The highest BCUT2D eigenvalue weighted by Crippen LogP contribution is 2.19. The van der Waals surface area contributed by atoms with Crippen LogP contribution >= 0.6 is 0 Å². The van der Waals surface area contributed by atoms with Gasteiger partial charge in [0.2, 0.25) is 0 Å². The van der Waals surface area contributed by atoms with Crippen molar-refractivity contribution in [3.8, 4) is 11.5 Å². The minimum atomic E-state index is -0.238. The first-order valence-corrected chi connectivity index (χ1v) is 7.78. The Morgan fingerprint density at radius 3 is 1.75 bits per heavy atom. The van der Waals surface area contributed by atoms with E-state index in [4.69, 9.17) is 18.9 Å². The topological polar surface area (TPSA) is 95.1 Å². The van der Waals surface area contributed by atoms with Crippen LogP contribution in [-0.2, 0) is 19.1 Å². The molecule has 0 atom stereocenters. The van der Waals surface area contributed by atoms with E-state index >= 15 is 0 Å². The maximum Gasteiger partial charge on any atom is 0.258 e. The van der Waals surface area contributed by atoms with Crippen LogP contribution in [0.5, 0.6) is 11.5 Å². The lowest BCUT2D eigenvalue weighted by Crippen LogP contribution is -2.32. The van der Waals surface area contributed by atoms with Crippen molar-refractivity contribution in [2.24, 2.45) is 0 Å². The van der Waals surface area contributed by atoms with Crippen LogP contribution < -0.4 is 20.1 Å². The van der Waals surface area contributed by atoms with Gasteiger partial charge in [0.05, 0.1) is 26.4 Å². The van der Waals surface area contributed by atoms with Crippen molar-refractivity contribution in [2.45, 2.75) is 0 Å². The van der Waals surface area contributed by atoms with E-state index < -0.39 is 0 Å². The van der Waals surface area contributed by atoms with Gasteiger partial charge in [-0.05, 0) is 12.1 Å². The summed E-state index contributed by atoms with van der Waals surface area (Å²) in [6.07, 6.45) is 0. The van der Waals surface area contributed by atoms with Crippen molar-refractivity contribution in [3.63, 3.8) is 0 Å². The van der Waals surface area contributed by atoms with Gasteiger partial charge in [-0.3, -0.25) is 9.59 Å². The number of nitrogens with one attached hydrogen (secondary N) is 2. The number of carbonyl (C=O) groups is 2. The highest BCUT2D eigenvalue weighted by Gasteiger charge is 2.06. The third kappa shape index (κ3) is 7.30. The zero-order valence-electron chi connectivity index (χ0n) is 13.4. The monoisotopic (exact) mass is 338 g/mol. The predicted octanol–water partition coefficient (Wildman–Crippen LogP) is -0.277. The Morgan fingerprint density at radius 2 is 1.25 bits per heavy atom. The van der Waals surface area contributed by atoms with Crippen LogP contribution in [0.4, 0.5) is 0 Å². The Labute approximate surface area is 140 Å². The maximum absolute atomic E-state index is 11.7. The second-order valence-electron chi connectivity index (χ2n) is 4.98. The minimum Gasteiger partial charge on any atom is -0.484 e. The first-order valence-electron chi connectivity index (χ1n) is 7.78. The predicted molar refractivity (Wildman–Crippen MR) is 85.1 cm³/mol. The number of hydrogen-bond donors (Lipinski definition) is 2. The van der Waals surface area contributed by atoms with Gasteiger partial charge in [-0.2, -0.15) is 0 Å². The van der Waals surface area contributed by atoms with Gasteiger partial charge >= 0.3 is 0 Å². The van der Waals surface area contributed by atoms with Crippen molar-refractivity contribution in [1.29, 1.82) is 0 Å². The second-order valence-corrected chi connectivity index (χ2v) is 4.98. The Balaban J connectivity index is 1.89. The molecule has 8 nitrogen and oxygen atoms in total. The molecule has 0 unspecified atom stereocenters. The molecule has 1 aliphatic rings. The molecule has 1 aromatic carbocycles. The SMILES string of the molecule is O=C1COc2cccc(c2)OCC(=O)NCCOCCOCCN1. The highest BCUT2D eigenvalue weighted by molar-refractivity contribution is 5.78. The highest BCUT2D eigenvalue weighted by atomic mass is 16.5. The van der Waals surface area contributed by atoms with Gasteiger partial charge in [-0.15, -0.1) is 0 Å². The molecule has 2 rings (SSSR count). The van der Waals surface area contributed by atoms with Crippen LogP contribution in [0.3, 0.4) is 0 Å². The van der Waals surface area contributed by atoms with E-state index in [1.165, 1.54) is 0 Å². The van der Waals surface area contributed by atoms with Crippen molar-refractivity contribution in [2.75, 3.05) is 52.7 Å². The minimum absolute atomic E-state index is 0.104. The van der Waals surface area contributed by atoms with Crippen LogP contribution in [0, 0.1) is 0 Å². The Hall–Kier alpha value is -2.32. The quantitative estimate of drug-likeness (QED) is 0.676. The molecule has 8 heteroatoms. The van der Waals surface area contributed by atoms with Crippen molar-refractivity contribution < 1.29 is 28.5 Å². The van der Waals surface area contributed by atoms with Gasteiger partial charge in [-0.25, -0.2) is 0 Å². The Kier molecular flexibility index (Phi) is 7.85. The number of carbonyl (C=O) groups excluding carboxylic acids is 2. The summed E-state index contributed by atoms with van der Waals surface area (Å²) in [7, 11) is 0. The largest absolute Gasteiger partial charge is 0.484 e. The lowest BCUT2D eigenvalue weighted by molar-refractivity contribution is -0.124. The van der Waals surface area contributed by atoms with E-state index in [-0.39, 0.29) is 25.0 Å². The lowest BCUT2D eigenvalue weighted by atomic mass is 10.3. The van der Waals surface area contributed by atoms with E-state index in [1.54, 1.807) is 24.3 Å². The summed E-state index contributed by atoms with van der Waals surface area (Å²) in [6.45, 7) is 2.25. The summed E-state index contributed by atoms with van der Waals surface area (Å²) in [5, 5.41) is 5.39. The van der Waals surface area contributed by atoms with Crippen LogP contribution in [-0.4, -0.2) is 64.5 Å². The van der Waals surface area contributed by atoms with E-state index in [9.17, 15) is 9.59 Å². The summed E-state index contributed by atoms with van der Waals surface area (Å²) in [6, 6.07) is 6.78. The van der Waals surface area contributed by atoms with Gasteiger partial charge < -0.3 is 29.6 Å². The average molecular weight is 338 g/mol. The first kappa shape index (κ1) is 18.0. The molecule has 0 fully saturated rings. The Bertz CT molecular complexity index is 494. The molecule has 0 saturated carbocycles. The lowest BCUT2D eigenvalue weighted by Gasteiger charge is -2.10. The van der Waals surface area contributed by atoms with E-state index in [1.807, 2.05) is 0 Å². The normalized spacial score (nSPS) is 18.7.